The van der Waals surface area contributed by atoms with E-state index in [-0.39, 0.29) is 25.7 Å². The van der Waals surface area contributed by atoms with Gasteiger partial charge in [-0.1, -0.05) is 20.8 Å². The van der Waals surface area contributed by atoms with Crippen LogP contribution in [0.1, 0.15) is 59.3 Å². The molecule has 0 heterocycles. The summed E-state index contributed by atoms with van der Waals surface area (Å²) in [6.45, 7) is 3.24. The molecule has 0 radical (unpaired) electrons. The first-order valence-electron chi connectivity index (χ1n) is 11.8. The van der Waals surface area contributed by atoms with Crippen LogP contribution in [0, 0.1) is 23.2 Å². The van der Waals surface area contributed by atoms with Gasteiger partial charge in [0, 0.05) is 12.0 Å². The molecule has 0 amide bonds. The molecule has 3 unspecified atom stereocenters. The van der Waals surface area contributed by atoms with E-state index >= 15 is 0 Å². The average Bonchev–Trinajstić information content (AvgIpc) is 2.75. The zero-order valence-corrected chi connectivity index (χ0v) is 22.6. The molecule has 18 heteroatoms. The van der Waals surface area contributed by atoms with Crippen LogP contribution in [0.2, 0.25) is 0 Å². The number of hydrogen-bond acceptors (Lipinski definition) is 6. The Morgan fingerprint density at radius 3 is 1.72 bits per heavy atom. The topological polar surface area (TPSA) is 114 Å². The highest BCUT2D eigenvalue weighted by Crippen LogP contribution is 2.56. The van der Waals surface area contributed by atoms with E-state index in [2.05, 4.69) is 0 Å². The number of alkyl halides is 9. The first-order valence-corrected chi connectivity index (χ1v) is 14.9. The maximum Gasteiger partial charge on any atom is 0.451 e. The summed E-state index contributed by atoms with van der Waals surface area (Å²) in [5.41, 5.74) is -2.12. The number of sulfonamides is 1. The molecule has 2 rings (SSSR count). The number of carbonyl (C=O) groups is 2. The van der Waals surface area contributed by atoms with Gasteiger partial charge >= 0.3 is 22.6 Å². The highest BCUT2D eigenvalue weighted by Gasteiger charge is 2.83. The molecule has 2 bridgehead atoms. The standard InChI is InChI=1S/C21H28F9NO6S2/c1-4-5-31-39(36,37)21(29,30)19(25,26)20(27,28)38(34,35)14(16(33)18(22,23)24)15(32)17-8-11(2)6-13(10-17)7-12(3)9-17/h11-14,31H,4-10H2,1-3H3. The molecular formula is C21H28F9NO6S2. The number of sulfone groups is 1. The maximum absolute atomic E-state index is 14.9. The summed E-state index contributed by atoms with van der Waals surface area (Å²) < 4.78 is 178. The van der Waals surface area contributed by atoms with Crippen molar-refractivity contribution >= 4 is 31.4 Å². The summed E-state index contributed by atoms with van der Waals surface area (Å²) >= 11 is 0. The molecule has 2 fully saturated rings. The zero-order chi connectivity index (χ0) is 30.6. The Bertz CT molecular complexity index is 1170. The number of Topliss-reactive ketones (excluding diaryl/α,β-unsaturated/α-hetero) is 2. The normalized spacial score (nSPS) is 28.2. The summed E-state index contributed by atoms with van der Waals surface area (Å²) in [7, 11) is -14.5. The van der Waals surface area contributed by atoms with Crippen LogP contribution in [0.5, 0.6) is 0 Å². The largest absolute Gasteiger partial charge is 0.451 e. The number of rotatable bonds is 11. The lowest BCUT2D eigenvalue weighted by atomic mass is 9.55. The van der Waals surface area contributed by atoms with E-state index in [4.69, 9.17) is 0 Å². The third-order valence-electron chi connectivity index (χ3n) is 7.19. The molecule has 228 valence electrons. The molecule has 3 atom stereocenters. The summed E-state index contributed by atoms with van der Waals surface area (Å²) in [4.78, 5) is 25.6. The van der Waals surface area contributed by atoms with Crippen LogP contribution in [0.15, 0.2) is 0 Å². The van der Waals surface area contributed by atoms with Gasteiger partial charge in [-0.05, 0) is 56.3 Å². The SMILES string of the molecule is CCCNS(=O)(=O)C(F)(F)C(F)(F)C(F)(F)S(=O)(=O)C(C(=O)C(F)(F)F)C(=O)C12CC(C)CC(CC(C)C1)C2. The third-order valence-corrected chi connectivity index (χ3v) is 10.7. The van der Waals surface area contributed by atoms with Crippen molar-refractivity contribution in [3.63, 3.8) is 0 Å². The van der Waals surface area contributed by atoms with Crippen molar-refractivity contribution in [2.75, 3.05) is 6.54 Å². The molecule has 0 spiro atoms. The van der Waals surface area contributed by atoms with Crippen molar-refractivity contribution < 1.29 is 65.9 Å². The fourth-order valence-electron chi connectivity index (χ4n) is 5.83. The zero-order valence-electron chi connectivity index (χ0n) is 20.9. The van der Waals surface area contributed by atoms with Gasteiger partial charge < -0.3 is 0 Å². The highest BCUT2D eigenvalue weighted by atomic mass is 32.2. The molecule has 1 N–H and O–H groups in total. The fraction of sp³-hybridized carbons (Fsp3) is 0.905. The number of ketones is 2. The second-order valence-electron chi connectivity index (χ2n) is 10.6. The van der Waals surface area contributed by atoms with Gasteiger partial charge in [0.15, 0.2) is 11.0 Å². The number of fused-ring (bicyclic) bond motifs is 2. The molecular weight excluding hydrogens is 597 g/mol. The van der Waals surface area contributed by atoms with Gasteiger partial charge in [-0.3, -0.25) is 9.59 Å². The first kappa shape index (κ1) is 33.8. The van der Waals surface area contributed by atoms with Gasteiger partial charge in [0.05, 0.1) is 0 Å². The fourth-order valence-corrected chi connectivity index (χ4v) is 8.74. The second-order valence-corrected chi connectivity index (χ2v) is 14.5. The van der Waals surface area contributed by atoms with Crippen molar-refractivity contribution in [1.82, 2.24) is 4.72 Å². The van der Waals surface area contributed by atoms with Crippen LogP contribution in [-0.4, -0.2) is 62.8 Å². The molecule has 2 aliphatic rings. The van der Waals surface area contributed by atoms with E-state index in [1.54, 1.807) is 0 Å². The third kappa shape index (κ3) is 5.57. The molecule has 0 saturated heterocycles. The lowest BCUT2D eigenvalue weighted by Crippen LogP contribution is -2.66. The number of nitrogens with one attached hydrogen (secondary N) is 1. The van der Waals surface area contributed by atoms with Gasteiger partial charge in [-0.15, -0.1) is 0 Å². The van der Waals surface area contributed by atoms with Crippen LogP contribution in [0.4, 0.5) is 39.5 Å². The Hall–Kier alpha value is -1.43. The van der Waals surface area contributed by atoms with Crippen LogP contribution < -0.4 is 4.72 Å². The van der Waals surface area contributed by atoms with Crippen LogP contribution >= 0.6 is 0 Å². The van der Waals surface area contributed by atoms with Gasteiger partial charge in [0.25, 0.3) is 15.8 Å². The molecule has 0 aromatic rings. The van der Waals surface area contributed by atoms with Crippen LogP contribution in [0.3, 0.4) is 0 Å². The Balaban J connectivity index is 2.75. The summed E-state index contributed by atoms with van der Waals surface area (Å²) in [5.74, 6) is -14.7. The number of carbonyl (C=O) groups excluding carboxylic acids is 2. The predicted octanol–water partition coefficient (Wildman–Crippen LogP) is 4.47. The van der Waals surface area contributed by atoms with Crippen LogP contribution in [-0.2, 0) is 29.4 Å². The Labute approximate surface area is 219 Å². The maximum atomic E-state index is 14.9. The van der Waals surface area contributed by atoms with Gasteiger partial charge in [0.2, 0.25) is 9.84 Å². The van der Waals surface area contributed by atoms with E-state index in [1.165, 1.54) is 20.8 Å². The van der Waals surface area contributed by atoms with Crippen molar-refractivity contribution in [2.24, 2.45) is 23.2 Å². The van der Waals surface area contributed by atoms with Crippen LogP contribution in [0.25, 0.3) is 0 Å². The monoisotopic (exact) mass is 625 g/mol. The Morgan fingerprint density at radius 1 is 0.846 bits per heavy atom. The Kier molecular flexibility index (Phi) is 9.04. The number of hydrogen-bond donors (Lipinski definition) is 1. The molecule has 0 aromatic heterocycles. The molecule has 0 aliphatic heterocycles. The molecule has 39 heavy (non-hydrogen) atoms. The van der Waals surface area contributed by atoms with Gasteiger partial charge in [-0.2, -0.15) is 39.5 Å². The summed E-state index contributed by atoms with van der Waals surface area (Å²) in [6, 6.07) is 0. The Morgan fingerprint density at radius 2 is 1.31 bits per heavy atom. The predicted molar refractivity (Wildman–Crippen MR) is 118 cm³/mol. The van der Waals surface area contributed by atoms with Gasteiger partial charge in [0.1, 0.15) is 0 Å². The van der Waals surface area contributed by atoms with E-state index in [0.717, 1.165) is 4.72 Å². The van der Waals surface area contributed by atoms with E-state index in [1.807, 2.05) is 0 Å². The summed E-state index contributed by atoms with van der Waals surface area (Å²) in [5, 5.41) is -18.7. The average molecular weight is 626 g/mol. The minimum absolute atomic E-state index is 0.299. The molecule has 0 aromatic carbocycles. The van der Waals surface area contributed by atoms with E-state index in [0.29, 0.717) is 12.8 Å². The molecule has 2 saturated carbocycles. The van der Waals surface area contributed by atoms with Crippen molar-refractivity contribution in [1.29, 1.82) is 0 Å². The summed E-state index contributed by atoms with van der Waals surface area (Å²) in [6.07, 6.45) is -6.85. The van der Waals surface area contributed by atoms with Crippen molar-refractivity contribution in [2.45, 2.75) is 87.2 Å². The van der Waals surface area contributed by atoms with Crippen molar-refractivity contribution in [3.05, 3.63) is 0 Å². The highest BCUT2D eigenvalue weighted by molar-refractivity contribution is 7.95. The van der Waals surface area contributed by atoms with Gasteiger partial charge in [-0.25, -0.2) is 21.6 Å². The lowest BCUT2D eigenvalue weighted by molar-refractivity contribution is -0.244. The quantitative estimate of drug-likeness (QED) is 0.268. The van der Waals surface area contributed by atoms with Crippen molar-refractivity contribution in [3.8, 4) is 0 Å². The smallest absolute Gasteiger partial charge is 0.297 e. The van der Waals surface area contributed by atoms with E-state index in [9.17, 15) is 65.9 Å². The number of halogens is 9. The van der Waals surface area contributed by atoms with E-state index < -0.39 is 89.0 Å². The molecule has 7 nitrogen and oxygen atoms in total. The lowest BCUT2D eigenvalue weighted by Gasteiger charge is -2.50. The molecule has 2 aliphatic carbocycles. The minimum Gasteiger partial charge on any atom is -0.297 e. The first-order chi connectivity index (χ1) is 17.3. The minimum atomic E-state index is -7.80. The second kappa shape index (κ2) is 10.4.